The molecule has 1 unspecified atom stereocenters. The number of nitrogens with one attached hydrogen (secondary N) is 1. The fourth-order valence-corrected chi connectivity index (χ4v) is 2.46. The summed E-state index contributed by atoms with van der Waals surface area (Å²) in [6, 6.07) is 15.7. The van der Waals surface area contributed by atoms with E-state index >= 15 is 0 Å². The highest BCUT2D eigenvalue weighted by molar-refractivity contribution is 5.37. The molecule has 0 aliphatic carbocycles. The van der Waals surface area contributed by atoms with Crippen molar-refractivity contribution < 1.29 is 0 Å². The molecular formula is C17H21N. The second-order valence-corrected chi connectivity index (χ2v) is 5.05. The molecule has 0 saturated heterocycles. The van der Waals surface area contributed by atoms with Crippen molar-refractivity contribution in [2.45, 2.75) is 26.8 Å². The SMILES string of the molecule is CNC(c1ccc(C)cc1)c1cc(C)cc(C)c1. The minimum atomic E-state index is 0.268. The van der Waals surface area contributed by atoms with Crippen molar-refractivity contribution in [1.82, 2.24) is 5.32 Å². The van der Waals surface area contributed by atoms with Crippen LogP contribution in [0.1, 0.15) is 33.9 Å². The van der Waals surface area contributed by atoms with E-state index in [2.05, 4.69) is 68.6 Å². The molecular weight excluding hydrogens is 218 g/mol. The van der Waals surface area contributed by atoms with Gasteiger partial charge in [0.25, 0.3) is 0 Å². The lowest BCUT2D eigenvalue weighted by molar-refractivity contribution is 0.690. The lowest BCUT2D eigenvalue weighted by Crippen LogP contribution is -2.17. The summed E-state index contributed by atoms with van der Waals surface area (Å²) >= 11 is 0. The molecule has 0 radical (unpaired) electrons. The zero-order valence-corrected chi connectivity index (χ0v) is 11.6. The third kappa shape index (κ3) is 2.80. The maximum Gasteiger partial charge on any atom is 0.0574 e. The molecule has 1 atom stereocenters. The van der Waals surface area contributed by atoms with Crippen LogP contribution in [0.4, 0.5) is 0 Å². The third-order valence-electron chi connectivity index (χ3n) is 3.28. The summed E-state index contributed by atoms with van der Waals surface area (Å²) in [7, 11) is 2.02. The summed E-state index contributed by atoms with van der Waals surface area (Å²) in [5.41, 5.74) is 6.58. The highest BCUT2D eigenvalue weighted by atomic mass is 14.9. The van der Waals surface area contributed by atoms with Crippen LogP contribution >= 0.6 is 0 Å². The second-order valence-electron chi connectivity index (χ2n) is 5.05. The number of hydrogen-bond donors (Lipinski definition) is 1. The van der Waals surface area contributed by atoms with Crippen LogP contribution in [-0.2, 0) is 0 Å². The van der Waals surface area contributed by atoms with Crippen LogP contribution in [0.3, 0.4) is 0 Å². The Morgan fingerprint density at radius 3 is 1.78 bits per heavy atom. The van der Waals surface area contributed by atoms with Gasteiger partial charge in [0.2, 0.25) is 0 Å². The van der Waals surface area contributed by atoms with Crippen molar-refractivity contribution in [3.05, 3.63) is 70.3 Å². The zero-order chi connectivity index (χ0) is 13.1. The van der Waals surface area contributed by atoms with Gasteiger partial charge in [-0.2, -0.15) is 0 Å². The van der Waals surface area contributed by atoms with Gasteiger partial charge in [-0.1, -0.05) is 59.2 Å². The van der Waals surface area contributed by atoms with Crippen LogP contribution in [0.15, 0.2) is 42.5 Å². The first-order valence-electron chi connectivity index (χ1n) is 6.42. The Labute approximate surface area is 110 Å². The molecule has 0 saturated carbocycles. The number of aryl methyl sites for hydroxylation is 3. The van der Waals surface area contributed by atoms with Crippen molar-refractivity contribution in [1.29, 1.82) is 0 Å². The van der Waals surface area contributed by atoms with Crippen LogP contribution in [0.25, 0.3) is 0 Å². The molecule has 1 N–H and O–H groups in total. The number of rotatable bonds is 3. The van der Waals surface area contributed by atoms with Crippen molar-refractivity contribution in [2.75, 3.05) is 7.05 Å². The van der Waals surface area contributed by atoms with Gasteiger partial charge >= 0.3 is 0 Å². The summed E-state index contributed by atoms with van der Waals surface area (Å²) in [6.07, 6.45) is 0. The van der Waals surface area contributed by atoms with E-state index in [1.165, 1.54) is 27.8 Å². The Balaban J connectivity index is 2.41. The molecule has 0 fully saturated rings. The van der Waals surface area contributed by atoms with Crippen molar-refractivity contribution in [2.24, 2.45) is 0 Å². The Hall–Kier alpha value is -1.60. The molecule has 18 heavy (non-hydrogen) atoms. The van der Waals surface area contributed by atoms with E-state index < -0.39 is 0 Å². The van der Waals surface area contributed by atoms with Gasteiger partial charge in [0.1, 0.15) is 0 Å². The topological polar surface area (TPSA) is 12.0 Å². The maximum absolute atomic E-state index is 3.41. The lowest BCUT2D eigenvalue weighted by atomic mass is 9.95. The first kappa shape index (κ1) is 12.8. The van der Waals surface area contributed by atoms with Gasteiger partial charge in [-0.15, -0.1) is 0 Å². The minimum absolute atomic E-state index is 0.268. The molecule has 0 amide bonds. The van der Waals surface area contributed by atoms with Gasteiger partial charge in [0, 0.05) is 0 Å². The summed E-state index contributed by atoms with van der Waals surface area (Å²) in [6.45, 7) is 6.42. The summed E-state index contributed by atoms with van der Waals surface area (Å²) in [4.78, 5) is 0. The van der Waals surface area contributed by atoms with Gasteiger partial charge in [0.05, 0.1) is 6.04 Å². The van der Waals surface area contributed by atoms with Gasteiger partial charge in [-0.3, -0.25) is 0 Å². The fraction of sp³-hybridized carbons (Fsp3) is 0.294. The fourth-order valence-electron chi connectivity index (χ4n) is 2.46. The standard InChI is InChI=1S/C17H21N/c1-12-5-7-15(8-6-12)17(18-4)16-10-13(2)9-14(3)11-16/h5-11,17-18H,1-4H3. The van der Waals surface area contributed by atoms with Crippen LogP contribution in [0.5, 0.6) is 0 Å². The van der Waals surface area contributed by atoms with E-state index in [0.717, 1.165) is 0 Å². The molecule has 1 nitrogen and oxygen atoms in total. The largest absolute Gasteiger partial charge is 0.309 e. The van der Waals surface area contributed by atoms with Crippen LogP contribution in [0, 0.1) is 20.8 Å². The van der Waals surface area contributed by atoms with Gasteiger partial charge in [-0.25, -0.2) is 0 Å². The summed E-state index contributed by atoms with van der Waals surface area (Å²) < 4.78 is 0. The molecule has 0 bridgehead atoms. The average Bonchev–Trinajstić information content (AvgIpc) is 2.31. The van der Waals surface area contributed by atoms with Crippen LogP contribution in [0.2, 0.25) is 0 Å². The zero-order valence-electron chi connectivity index (χ0n) is 11.6. The van der Waals surface area contributed by atoms with Crippen molar-refractivity contribution >= 4 is 0 Å². The summed E-state index contributed by atoms with van der Waals surface area (Å²) in [5.74, 6) is 0. The predicted molar refractivity (Wildman–Crippen MR) is 78.0 cm³/mol. The van der Waals surface area contributed by atoms with E-state index in [-0.39, 0.29) is 6.04 Å². The third-order valence-corrected chi connectivity index (χ3v) is 3.28. The van der Waals surface area contributed by atoms with E-state index in [0.29, 0.717) is 0 Å². The van der Waals surface area contributed by atoms with E-state index in [9.17, 15) is 0 Å². The Morgan fingerprint density at radius 2 is 1.28 bits per heavy atom. The second kappa shape index (κ2) is 5.36. The molecule has 0 aromatic heterocycles. The first-order valence-corrected chi connectivity index (χ1v) is 6.42. The van der Waals surface area contributed by atoms with Gasteiger partial charge in [0.15, 0.2) is 0 Å². The first-order chi connectivity index (χ1) is 8.60. The molecule has 0 spiro atoms. The maximum atomic E-state index is 3.41. The Morgan fingerprint density at radius 1 is 0.722 bits per heavy atom. The average molecular weight is 239 g/mol. The Kier molecular flexibility index (Phi) is 3.83. The number of hydrogen-bond acceptors (Lipinski definition) is 1. The molecule has 2 aromatic rings. The number of benzene rings is 2. The minimum Gasteiger partial charge on any atom is -0.309 e. The van der Waals surface area contributed by atoms with E-state index in [1.807, 2.05) is 7.05 Å². The molecule has 0 aliphatic heterocycles. The Bertz CT molecular complexity index is 506. The quantitative estimate of drug-likeness (QED) is 0.856. The van der Waals surface area contributed by atoms with E-state index in [4.69, 9.17) is 0 Å². The predicted octanol–water partition coefficient (Wildman–Crippen LogP) is 3.92. The van der Waals surface area contributed by atoms with Crippen molar-refractivity contribution in [3.8, 4) is 0 Å². The highest BCUT2D eigenvalue weighted by Crippen LogP contribution is 2.24. The van der Waals surface area contributed by atoms with Crippen LogP contribution < -0.4 is 5.32 Å². The van der Waals surface area contributed by atoms with Gasteiger partial charge in [-0.05, 0) is 38.9 Å². The molecule has 2 aromatic carbocycles. The van der Waals surface area contributed by atoms with Crippen LogP contribution in [-0.4, -0.2) is 7.05 Å². The highest BCUT2D eigenvalue weighted by Gasteiger charge is 2.12. The van der Waals surface area contributed by atoms with Crippen molar-refractivity contribution in [3.63, 3.8) is 0 Å². The monoisotopic (exact) mass is 239 g/mol. The molecule has 0 heterocycles. The molecule has 94 valence electrons. The van der Waals surface area contributed by atoms with Gasteiger partial charge < -0.3 is 5.32 Å². The smallest absolute Gasteiger partial charge is 0.0574 e. The normalized spacial score (nSPS) is 12.4. The lowest BCUT2D eigenvalue weighted by Gasteiger charge is -2.18. The van der Waals surface area contributed by atoms with E-state index in [1.54, 1.807) is 0 Å². The molecule has 0 aliphatic rings. The summed E-state index contributed by atoms with van der Waals surface area (Å²) in [5, 5.41) is 3.41. The molecule has 1 heteroatoms. The molecule has 2 rings (SSSR count).